The number of pyridine rings is 1. The van der Waals surface area contributed by atoms with Gasteiger partial charge in [-0.25, -0.2) is 9.97 Å². The van der Waals surface area contributed by atoms with Crippen LogP contribution in [-0.4, -0.2) is 57.3 Å². The van der Waals surface area contributed by atoms with Crippen LogP contribution in [0.4, 0.5) is 24.8 Å². The average molecular weight is 461 g/mol. The third-order valence-electron chi connectivity index (χ3n) is 6.33. The standard InChI is InChI=1S/C21H22F3N7O2/c1-2-33-18-14-11-26-19(27-17(14)28-29-18)30-7-5-20(6-8-30)9-16(32)31(12-20)13-3-4-15(25-10-13)21(22,23)24/h3-4,10-11H,2,5-9,12H2,1H3,(H,26,27,28,29). The third kappa shape index (κ3) is 3.93. The normalized spacial score (nSPS) is 18.5. The number of anilines is 2. The molecule has 2 aliphatic heterocycles. The zero-order valence-electron chi connectivity index (χ0n) is 17.9. The highest BCUT2D eigenvalue weighted by atomic mass is 19.4. The number of piperidine rings is 1. The lowest BCUT2D eigenvalue weighted by molar-refractivity contribution is -0.141. The number of hydrogen-bond acceptors (Lipinski definition) is 7. The molecule has 2 aliphatic rings. The maximum atomic E-state index is 12.8. The van der Waals surface area contributed by atoms with Crippen LogP contribution in [0.25, 0.3) is 11.0 Å². The van der Waals surface area contributed by atoms with Gasteiger partial charge >= 0.3 is 6.18 Å². The summed E-state index contributed by atoms with van der Waals surface area (Å²) in [6, 6.07) is 2.22. The maximum Gasteiger partial charge on any atom is 0.433 e. The van der Waals surface area contributed by atoms with E-state index in [1.807, 2.05) is 6.92 Å². The second-order valence-corrected chi connectivity index (χ2v) is 8.44. The molecule has 174 valence electrons. The number of alkyl halides is 3. The van der Waals surface area contributed by atoms with E-state index in [9.17, 15) is 18.0 Å². The molecular weight excluding hydrogens is 439 g/mol. The molecule has 1 spiro atoms. The van der Waals surface area contributed by atoms with Crippen LogP contribution in [0.5, 0.6) is 5.88 Å². The SMILES string of the molecule is CCOc1n[nH]c2nc(N3CCC4(CC3)CC(=O)N(c3ccc(C(F)(F)F)nc3)C4)ncc12. The lowest BCUT2D eigenvalue weighted by Gasteiger charge is -2.38. The van der Waals surface area contributed by atoms with E-state index in [4.69, 9.17) is 4.74 Å². The number of hydrogen-bond donors (Lipinski definition) is 1. The van der Waals surface area contributed by atoms with Crippen molar-refractivity contribution >= 4 is 28.6 Å². The molecule has 0 unspecified atom stereocenters. The Bertz CT molecular complexity index is 1170. The summed E-state index contributed by atoms with van der Waals surface area (Å²) in [5, 5.41) is 7.70. The first-order chi connectivity index (χ1) is 15.8. The molecule has 1 N–H and O–H groups in total. The molecule has 9 nitrogen and oxygen atoms in total. The van der Waals surface area contributed by atoms with Crippen LogP contribution < -0.4 is 14.5 Å². The summed E-state index contributed by atoms with van der Waals surface area (Å²) < 4.78 is 43.8. The molecule has 3 aromatic rings. The van der Waals surface area contributed by atoms with Crippen LogP contribution in [0.3, 0.4) is 0 Å². The quantitative estimate of drug-likeness (QED) is 0.637. The molecule has 5 heterocycles. The Balaban J connectivity index is 1.27. The van der Waals surface area contributed by atoms with Gasteiger partial charge in [-0.3, -0.25) is 9.89 Å². The van der Waals surface area contributed by atoms with Gasteiger partial charge in [-0.05, 0) is 31.9 Å². The van der Waals surface area contributed by atoms with Crippen molar-refractivity contribution in [2.45, 2.75) is 32.4 Å². The fourth-order valence-corrected chi connectivity index (χ4v) is 4.54. The number of halogens is 3. The topological polar surface area (TPSA) is 100 Å². The number of nitrogens with one attached hydrogen (secondary N) is 1. The summed E-state index contributed by atoms with van der Waals surface area (Å²) in [5.74, 6) is 0.958. The minimum absolute atomic E-state index is 0.0939. The monoisotopic (exact) mass is 461 g/mol. The molecule has 0 bridgehead atoms. The Labute approximate surface area is 187 Å². The van der Waals surface area contributed by atoms with E-state index in [1.165, 1.54) is 6.07 Å². The first-order valence-corrected chi connectivity index (χ1v) is 10.7. The Hall–Kier alpha value is -3.44. The number of aromatic nitrogens is 5. The molecule has 2 saturated heterocycles. The van der Waals surface area contributed by atoms with E-state index in [0.717, 1.165) is 30.5 Å². The number of aromatic amines is 1. The van der Waals surface area contributed by atoms with Crippen LogP contribution in [0.2, 0.25) is 0 Å². The fourth-order valence-electron chi connectivity index (χ4n) is 4.54. The Morgan fingerprint density at radius 2 is 1.97 bits per heavy atom. The van der Waals surface area contributed by atoms with E-state index in [1.54, 1.807) is 11.1 Å². The van der Waals surface area contributed by atoms with Gasteiger partial charge in [0.1, 0.15) is 11.1 Å². The highest BCUT2D eigenvalue weighted by molar-refractivity contribution is 5.96. The number of amides is 1. The van der Waals surface area contributed by atoms with Crippen molar-refractivity contribution in [3.63, 3.8) is 0 Å². The number of fused-ring (bicyclic) bond motifs is 1. The lowest BCUT2D eigenvalue weighted by atomic mass is 9.77. The average Bonchev–Trinajstić information content (AvgIpc) is 3.34. The summed E-state index contributed by atoms with van der Waals surface area (Å²) in [6.07, 6.45) is 0.164. The summed E-state index contributed by atoms with van der Waals surface area (Å²) in [5.41, 5.74) is -0.203. The van der Waals surface area contributed by atoms with Crippen LogP contribution in [0, 0.1) is 5.41 Å². The van der Waals surface area contributed by atoms with Gasteiger partial charge in [-0.15, -0.1) is 5.10 Å². The van der Waals surface area contributed by atoms with Gasteiger partial charge < -0.3 is 14.5 Å². The van der Waals surface area contributed by atoms with Crippen LogP contribution >= 0.6 is 0 Å². The largest absolute Gasteiger partial charge is 0.476 e. The zero-order chi connectivity index (χ0) is 23.2. The predicted octanol–water partition coefficient (Wildman–Crippen LogP) is 3.19. The summed E-state index contributed by atoms with van der Waals surface area (Å²) in [7, 11) is 0. The number of H-pyrrole nitrogens is 1. The summed E-state index contributed by atoms with van der Waals surface area (Å²) >= 11 is 0. The van der Waals surface area contributed by atoms with E-state index in [-0.39, 0.29) is 11.3 Å². The molecule has 12 heteroatoms. The second kappa shape index (κ2) is 7.85. The highest BCUT2D eigenvalue weighted by Gasteiger charge is 2.46. The van der Waals surface area contributed by atoms with Gasteiger partial charge in [0, 0.05) is 37.7 Å². The first kappa shape index (κ1) is 21.4. The number of ether oxygens (including phenoxy) is 1. The Morgan fingerprint density at radius 1 is 1.18 bits per heavy atom. The number of carbonyl (C=O) groups is 1. The van der Waals surface area contributed by atoms with Gasteiger partial charge in [0.25, 0.3) is 0 Å². The second-order valence-electron chi connectivity index (χ2n) is 8.44. The van der Waals surface area contributed by atoms with Crippen molar-refractivity contribution in [3.8, 4) is 5.88 Å². The molecule has 0 atom stereocenters. The fraction of sp³-hybridized carbons (Fsp3) is 0.476. The minimum atomic E-state index is -4.51. The molecule has 5 rings (SSSR count). The molecule has 0 aliphatic carbocycles. The summed E-state index contributed by atoms with van der Waals surface area (Å²) in [4.78, 5) is 28.8. The predicted molar refractivity (Wildman–Crippen MR) is 113 cm³/mol. The van der Waals surface area contributed by atoms with Crippen LogP contribution in [0.1, 0.15) is 31.9 Å². The van der Waals surface area contributed by atoms with Gasteiger partial charge in [-0.1, -0.05) is 0 Å². The van der Waals surface area contributed by atoms with Crippen molar-refractivity contribution in [2.75, 3.05) is 36.0 Å². The van der Waals surface area contributed by atoms with Gasteiger partial charge in [0.2, 0.25) is 17.7 Å². The molecule has 0 radical (unpaired) electrons. The van der Waals surface area contributed by atoms with E-state index < -0.39 is 11.9 Å². The molecule has 3 aromatic heterocycles. The van der Waals surface area contributed by atoms with Gasteiger partial charge in [0.05, 0.1) is 18.5 Å². The number of nitrogens with zero attached hydrogens (tertiary/aromatic N) is 6. The molecule has 33 heavy (non-hydrogen) atoms. The van der Waals surface area contributed by atoms with E-state index in [2.05, 4.69) is 30.0 Å². The lowest BCUT2D eigenvalue weighted by Crippen LogP contribution is -2.42. The van der Waals surface area contributed by atoms with Crippen molar-refractivity contribution < 1.29 is 22.7 Å². The molecule has 1 amide bonds. The zero-order valence-corrected chi connectivity index (χ0v) is 17.9. The first-order valence-electron chi connectivity index (χ1n) is 10.7. The van der Waals surface area contributed by atoms with Gasteiger partial charge in [0.15, 0.2) is 5.65 Å². The highest BCUT2D eigenvalue weighted by Crippen LogP contribution is 2.43. The van der Waals surface area contributed by atoms with E-state index >= 15 is 0 Å². The van der Waals surface area contributed by atoms with Gasteiger partial charge in [-0.2, -0.15) is 18.2 Å². The molecule has 2 fully saturated rings. The van der Waals surface area contributed by atoms with Crippen molar-refractivity contribution in [1.29, 1.82) is 0 Å². The van der Waals surface area contributed by atoms with Crippen LogP contribution in [-0.2, 0) is 11.0 Å². The number of carbonyl (C=O) groups excluding carboxylic acids is 1. The van der Waals surface area contributed by atoms with E-state index in [0.29, 0.717) is 55.8 Å². The number of rotatable bonds is 4. The Morgan fingerprint density at radius 3 is 2.64 bits per heavy atom. The maximum absolute atomic E-state index is 12.8. The third-order valence-corrected chi connectivity index (χ3v) is 6.33. The minimum Gasteiger partial charge on any atom is -0.476 e. The molecule has 0 saturated carbocycles. The summed E-state index contributed by atoms with van der Waals surface area (Å²) in [6.45, 7) is 4.18. The molecule has 0 aromatic carbocycles. The van der Waals surface area contributed by atoms with Crippen molar-refractivity contribution in [2.24, 2.45) is 5.41 Å². The smallest absolute Gasteiger partial charge is 0.433 e. The Kier molecular flexibility index (Phi) is 5.09. The van der Waals surface area contributed by atoms with Crippen molar-refractivity contribution in [1.82, 2.24) is 25.1 Å². The van der Waals surface area contributed by atoms with Crippen LogP contribution in [0.15, 0.2) is 24.5 Å². The van der Waals surface area contributed by atoms with Crippen molar-refractivity contribution in [3.05, 3.63) is 30.2 Å². The molecular formula is C21H22F3N7O2.